The largest absolute Gasteiger partial charge is 0.490 e. The van der Waals surface area contributed by atoms with Gasteiger partial charge in [0.15, 0.2) is 0 Å². The number of carboxylic acids is 1. The van der Waals surface area contributed by atoms with E-state index in [2.05, 4.69) is 6.07 Å². The molecule has 0 unspecified atom stereocenters. The van der Waals surface area contributed by atoms with Crippen LogP contribution in [0.1, 0.15) is 15.9 Å². The standard InChI is InChI=1S/C26H20N2O4/c27-16-20-17-28(21-12-10-19(11-13-21)26(29)30)18-24(20)23-8-4-5-9-25(23)32-15-14-31-22-6-2-1-3-7-22/h1-13,17-18H,14-15H2,(H,29,30). The molecule has 0 aliphatic rings. The number of carbonyl (C=O) groups is 1. The van der Waals surface area contributed by atoms with Crippen LogP contribution in [0.15, 0.2) is 91.3 Å². The molecule has 0 atom stereocenters. The molecule has 1 heterocycles. The lowest BCUT2D eigenvalue weighted by Crippen LogP contribution is -2.09. The summed E-state index contributed by atoms with van der Waals surface area (Å²) in [6.45, 7) is 0.742. The Morgan fingerprint density at radius 1 is 0.844 bits per heavy atom. The number of aromatic nitrogens is 1. The summed E-state index contributed by atoms with van der Waals surface area (Å²) in [5.74, 6) is 0.451. The van der Waals surface area contributed by atoms with E-state index in [4.69, 9.17) is 14.6 Å². The zero-order valence-corrected chi connectivity index (χ0v) is 17.1. The van der Waals surface area contributed by atoms with E-state index in [1.165, 1.54) is 12.1 Å². The summed E-state index contributed by atoms with van der Waals surface area (Å²) >= 11 is 0. The molecule has 1 aromatic heterocycles. The number of carboxylic acid groups (broad SMARTS) is 1. The van der Waals surface area contributed by atoms with E-state index in [0.29, 0.717) is 24.5 Å². The molecule has 4 aromatic rings. The average Bonchev–Trinajstić information content (AvgIpc) is 3.27. The van der Waals surface area contributed by atoms with E-state index in [1.54, 1.807) is 22.9 Å². The SMILES string of the molecule is N#Cc1cn(-c2ccc(C(=O)O)cc2)cc1-c1ccccc1OCCOc1ccccc1. The summed E-state index contributed by atoms with van der Waals surface area (Å²) in [7, 11) is 0. The molecule has 1 N–H and O–H groups in total. The topological polar surface area (TPSA) is 84.5 Å². The fourth-order valence-corrected chi connectivity index (χ4v) is 3.33. The van der Waals surface area contributed by atoms with Crippen LogP contribution in [0.3, 0.4) is 0 Å². The van der Waals surface area contributed by atoms with Crippen molar-refractivity contribution < 1.29 is 19.4 Å². The second-order valence-electron chi connectivity index (χ2n) is 6.96. The van der Waals surface area contributed by atoms with E-state index in [9.17, 15) is 10.1 Å². The van der Waals surface area contributed by atoms with E-state index in [1.807, 2.05) is 60.8 Å². The van der Waals surface area contributed by atoms with Gasteiger partial charge < -0.3 is 19.1 Å². The zero-order chi connectivity index (χ0) is 22.3. The number of nitriles is 1. The predicted octanol–water partition coefficient (Wildman–Crippen LogP) is 5.17. The van der Waals surface area contributed by atoms with Gasteiger partial charge in [-0.05, 0) is 42.5 Å². The Morgan fingerprint density at radius 3 is 2.25 bits per heavy atom. The number of aromatic carboxylic acids is 1. The fourth-order valence-electron chi connectivity index (χ4n) is 3.33. The Morgan fingerprint density at radius 2 is 1.53 bits per heavy atom. The maximum atomic E-state index is 11.1. The van der Waals surface area contributed by atoms with Crippen LogP contribution in [-0.4, -0.2) is 28.9 Å². The lowest BCUT2D eigenvalue weighted by molar-refractivity contribution is 0.0697. The minimum atomic E-state index is -0.982. The van der Waals surface area contributed by atoms with Gasteiger partial charge >= 0.3 is 5.97 Å². The Hall–Kier alpha value is -4.50. The molecule has 0 saturated heterocycles. The molecule has 0 aliphatic heterocycles. The van der Waals surface area contributed by atoms with Crippen LogP contribution in [0, 0.1) is 11.3 Å². The van der Waals surface area contributed by atoms with E-state index in [-0.39, 0.29) is 5.56 Å². The van der Waals surface area contributed by atoms with Gasteiger partial charge in [0.05, 0.1) is 11.1 Å². The molecule has 0 amide bonds. The molecule has 0 bridgehead atoms. The first-order valence-corrected chi connectivity index (χ1v) is 10.0. The minimum Gasteiger partial charge on any atom is -0.490 e. The highest BCUT2D eigenvalue weighted by atomic mass is 16.5. The van der Waals surface area contributed by atoms with Crippen LogP contribution in [0.5, 0.6) is 11.5 Å². The Bertz CT molecular complexity index is 1260. The number of rotatable bonds is 8. The van der Waals surface area contributed by atoms with Crippen LogP contribution in [0.4, 0.5) is 0 Å². The molecule has 0 saturated carbocycles. The quantitative estimate of drug-likeness (QED) is 0.394. The maximum absolute atomic E-state index is 11.1. The second kappa shape index (κ2) is 9.54. The summed E-state index contributed by atoms with van der Waals surface area (Å²) in [4.78, 5) is 11.1. The first kappa shape index (κ1) is 20.8. The van der Waals surface area contributed by atoms with Crippen molar-refractivity contribution in [3.63, 3.8) is 0 Å². The smallest absolute Gasteiger partial charge is 0.335 e. The Balaban J connectivity index is 1.54. The number of ether oxygens (including phenoxy) is 2. The Kier molecular flexibility index (Phi) is 6.19. The van der Waals surface area contributed by atoms with Gasteiger partial charge in [0.25, 0.3) is 0 Å². The molecule has 0 radical (unpaired) electrons. The molecule has 0 spiro atoms. The highest BCUT2D eigenvalue weighted by molar-refractivity contribution is 5.87. The third-order valence-corrected chi connectivity index (χ3v) is 4.89. The van der Waals surface area contributed by atoms with Crippen molar-refractivity contribution in [2.45, 2.75) is 0 Å². The van der Waals surface area contributed by atoms with Crippen molar-refractivity contribution in [2.24, 2.45) is 0 Å². The molecule has 3 aromatic carbocycles. The minimum absolute atomic E-state index is 0.207. The van der Waals surface area contributed by atoms with Gasteiger partial charge in [0.1, 0.15) is 30.8 Å². The lowest BCUT2D eigenvalue weighted by atomic mass is 10.0. The summed E-state index contributed by atoms with van der Waals surface area (Å²) < 4.78 is 13.4. The normalized spacial score (nSPS) is 10.3. The number of hydrogen-bond donors (Lipinski definition) is 1. The summed E-state index contributed by atoms with van der Waals surface area (Å²) in [6.07, 6.45) is 3.57. The van der Waals surface area contributed by atoms with Crippen molar-refractivity contribution in [3.8, 4) is 34.4 Å². The van der Waals surface area contributed by atoms with Crippen molar-refractivity contribution in [2.75, 3.05) is 13.2 Å². The highest BCUT2D eigenvalue weighted by Crippen LogP contribution is 2.33. The van der Waals surface area contributed by atoms with Gasteiger partial charge in [-0.2, -0.15) is 5.26 Å². The van der Waals surface area contributed by atoms with Crippen LogP contribution >= 0.6 is 0 Å². The van der Waals surface area contributed by atoms with Gasteiger partial charge in [-0.15, -0.1) is 0 Å². The van der Waals surface area contributed by atoms with Gasteiger partial charge in [0.2, 0.25) is 0 Å². The van der Waals surface area contributed by atoms with E-state index in [0.717, 1.165) is 22.6 Å². The second-order valence-corrected chi connectivity index (χ2v) is 6.96. The van der Waals surface area contributed by atoms with Crippen molar-refractivity contribution in [3.05, 3.63) is 102 Å². The number of benzene rings is 3. The van der Waals surface area contributed by atoms with Gasteiger partial charge in [-0.1, -0.05) is 36.4 Å². The van der Waals surface area contributed by atoms with Crippen LogP contribution in [-0.2, 0) is 0 Å². The third-order valence-electron chi connectivity index (χ3n) is 4.89. The molecule has 0 aliphatic carbocycles. The lowest BCUT2D eigenvalue weighted by Gasteiger charge is -2.12. The molecular weight excluding hydrogens is 404 g/mol. The van der Waals surface area contributed by atoms with Crippen molar-refractivity contribution in [1.29, 1.82) is 5.26 Å². The Labute approximate surface area is 185 Å². The predicted molar refractivity (Wildman–Crippen MR) is 120 cm³/mol. The highest BCUT2D eigenvalue weighted by Gasteiger charge is 2.14. The van der Waals surface area contributed by atoms with Crippen LogP contribution in [0.25, 0.3) is 16.8 Å². The van der Waals surface area contributed by atoms with Crippen molar-refractivity contribution in [1.82, 2.24) is 4.57 Å². The first-order valence-electron chi connectivity index (χ1n) is 10.0. The first-order chi connectivity index (χ1) is 15.7. The number of nitrogens with zero attached hydrogens (tertiary/aromatic N) is 2. The molecule has 4 rings (SSSR count). The van der Waals surface area contributed by atoms with Gasteiger partial charge in [-0.25, -0.2) is 4.79 Å². The molecule has 6 heteroatoms. The van der Waals surface area contributed by atoms with Crippen LogP contribution in [0.2, 0.25) is 0 Å². The average molecular weight is 424 g/mol. The zero-order valence-electron chi connectivity index (χ0n) is 17.1. The monoisotopic (exact) mass is 424 g/mol. The fraction of sp³-hybridized carbons (Fsp3) is 0.0769. The molecule has 0 fully saturated rings. The van der Waals surface area contributed by atoms with E-state index >= 15 is 0 Å². The van der Waals surface area contributed by atoms with Gasteiger partial charge in [-0.3, -0.25) is 0 Å². The summed E-state index contributed by atoms with van der Waals surface area (Å²) in [5.41, 5.74) is 2.98. The summed E-state index contributed by atoms with van der Waals surface area (Å²) in [6, 6.07) is 25.8. The molecule has 6 nitrogen and oxygen atoms in total. The van der Waals surface area contributed by atoms with E-state index < -0.39 is 5.97 Å². The summed E-state index contributed by atoms with van der Waals surface area (Å²) in [5, 5.41) is 18.8. The molecular formula is C26H20N2O4. The molecule has 32 heavy (non-hydrogen) atoms. The third kappa shape index (κ3) is 4.63. The number of para-hydroxylation sites is 2. The van der Waals surface area contributed by atoms with Gasteiger partial charge in [0, 0.05) is 29.2 Å². The molecule has 158 valence electrons. The van der Waals surface area contributed by atoms with Crippen molar-refractivity contribution >= 4 is 5.97 Å². The maximum Gasteiger partial charge on any atom is 0.335 e. The number of hydrogen-bond acceptors (Lipinski definition) is 4. The van der Waals surface area contributed by atoms with Crippen LogP contribution < -0.4 is 9.47 Å².